The minimum absolute atomic E-state index is 0.152. The van der Waals surface area contributed by atoms with Gasteiger partial charge in [0.2, 0.25) is 5.91 Å². The van der Waals surface area contributed by atoms with Crippen LogP contribution in [-0.4, -0.2) is 18.9 Å². The Morgan fingerprint density at radius 3 is 2.40 bits per heavy atom. The Morgan fingerprint density at radius 2 is 1.80 bits per heavy atom. The van der Waals surface area contributed by atoms with Crippen molar-refractivity contribution in [3.63, 3.8) is 0 Å². The van der Waals surface area contributed by atoms with Gasteiger partial charge in [0.1, 0.15) is 6.61 Å². The third kappa shape index (κ3) is 4.97. The Bertz CT molecular complexity index is 760. The van der Waals surface area contributed by atoms with Crippen molar-refractivity contribution < 1.29 is 19.1 Å². The van der Waals surface area contributed by atoms with Crippen LogP contribution >= 0.6 is 11.6 Å². The molecular weight excluding hydrogens is 342 g/mol. The second-order valence-corrected chi connectivity index (χ2v) is 6.14. The number of ether oxygens (including phenoxy) is 2. The molecule has 0 bridgehead atoms. The van der Waals surface area contributed by atoms with Gasteiger partial charge in [0.15, 0.2) is 11.5 Å². The van der Waals surface area contributed by atoms with Crippen molar-refractivity contribution in [2.75, 3.05) is 7.11 Å². The molecule has 6 heteroatoms. The third-order valence-electron chi connectivity index (χ3n) is 3.50. The predicted molar refractivity (Wildman–Crippen MR) is 96.1 cm³/mol. The molecule has 2 amide bonds. The van der Waals surface area contributed by atoms with Gasteiger partial charge in [0.25, 0.3) is 5.91 Å². The van der Waals surface area contributed by atoms with Crippen LogP contribution < -0.4 is 14.8 Å². The molecule has 0 aliphatic carbocycles. The second-order valence-electron chi connectivity index (χ2n) is 5.73. The fourth-order valence-electron chi connectivity index (χ4n) is 2.04. The molecule has 5 nitrogen and oxygen atoms in total. The standard InChI is InChI=1S/C19H20ClNO4/c1-12(2)18(22)21-19(23)14-9-17(16(24-3)10-15(14)20)25-11-13-7-5-4-6-8-13/h4-10,12H,11H2,1-3H3,(H,21,22,23). The smallest absolute Gasteiger partial charge is 0.259 e. The highest BCUT2D eigenvalue weighted by Gasteiger charge is 2.19. The molecular formula is C19H20ClNO4. The quantitative estimate of drug-likeness (QED) is 0.849. The highest BCUT2D eigenvalue weighted by Crippen LogP contribution is 2.34. The van der Waals surface area contributed by atoms with Gasteiger partial charge in [-0.15, -0.1) is 0 Å². The summed E-state index contributed by atoms with van der Waals surface area (Å²) in [6.45, 7) is 3.71. The van der Waals surface area contributed by atoms with Crippen LogP contribution in [0.25, 0.3) is 0 Å². The lowest BCUT2D eigenvalue weighted by Gasteiger charge is -2.14. The Labute approximate surface area is 151 Å². The van der Waals surface area contributed by atoms with Gasteiger partial charge in [-0.1, -0.05) is 55.8 Å². The van der Waals surface area contributed by atoms with Crippen molar-refractivity contribution >= 4 is 23.4 Å². The number of carbonyl (C=O) groups is 2. The molecule has 0 spiro atoms. The first kappa shape index (κ1) is 18.8. The van der Waals surface area contributed by atoms with E-state index in [0.717, 1.165) is 5.56 Å². The number of carbonyl (C=O) groups excluding carboxylic acids is 2. The average molecular weight is 362 g/mol. The fraction of sp³-hybridized carbons (Fsp3) is 0.263. The lowest BCUT2D eigenvalue weighted by molar-refractivity contribution is -0.122. The zero-order chi connectivity index (χ0) is 18.4. The lowest BCUT2D eigenvalue weighted by atomic mass is 10.1. The summed E-state index contributed by atoms with van der Waals surface area (Å²) in [4.78, 5) is 24.0. The summed E-state index contributed by atoms with van der Waals surface area (Å²) in [6, 6.07) is 12.6. The number of nitrogens with one attached hydrogen (secondary N) is 1. The van der Waals surface area contributed by atoms with E-state index in [4.69, 9.17) is 21.1 Å². The van der Waals surface area contributed by atoms with Crippen molar-refractivity contribution in [3.8, 4) is 11.5 Å². The normalized spacial score (nSPS) is 10.4. The lowest BCUT2D eigenvalue weighted by Crippen LogP contribution is -2.33. The van der Waals surface area contributed by atoms with Gasteiger partial charge in [-0.25, -0.2) is 0 Å². The molecule has 0 unspecified atom stereocenters. The zero-order valence-electron chi connectivity index (χ0n) is 14.3. The van der Waals surface area contributed by atoms with Gasteiger partial charge in [-0.05, 0) is 11.6 Å². The molecule has 25 heavy (non-hydrogen) atoms. The van der Waals surface area contributed by atoms with Crippen LogP contribution in [0, 0.1) is 5.92 Å². The SMILES string of the molecule is COc1cc(Cl)c(C(=O)NC(=O)C(C)C)cc1OCc1ccccc1. The van der Waals surface area contributed by atoms with E-state index in [1.807, 2.05) is 30.3 Å². The Morgan fingerprint density at radius 1 is 1.12 bits per heavy atom. The van der Waals surface area contributed by atoms with E-state index in [1.54, 1.807) is 13.8 Å². The van der Waals surface area contributed by atoms with Crippen molar-refractivity contribution in [1.82, 2.24) is 5.32 Å². The molecule has 0 aliphatic heterocycles. The molecule has 0 radical (unpaired) electrons. The van der Waals surface area contributed by atoms with Crippen molar-refractivity contribution in [2.24, 2.45) is 5.92 Å². The van der Waals surface area contributed by atoms with Crippen LogP contribution in [0.15, 0.2) is 42.5 Å². The first-order valence-corrected chi connectivity index (χ1v) is 8.19. The number of hydrogen-bond acceptors (Lipinski definition) is 4. The summed E-state index contributed by atoms with van der Waals surface area (Å²) < 4.78 is 11.0. The predicted octanol–water partition coefficient (Wildman–Crippen LogP) is 3.84. The zero-order valence-corrected chi connectivity index (χ0v) is 15.1. The Balaban J connectivity index is 2.23. The molecule has 0 aliphatic rings. The van der Waals surface area contributed by atoms with Gasteiger partial charge in [0.05, 0.1) is 17.7 Å². The number of rotatable bonds is 6. The van der Waals surface area contributed by atoms with Crippen LogP contribution in [0.4, 0.5) is 0 Å². The van der Waals surface area contributed by atoms with E-state index in [2.05, 4.69) is 5.32 Å². The van der Waals surface area contributed by atoms with Crippen LogP contribution in [-0.2, 0) is 11.4 Å². The summed E-state index contributed by atoms with van der Waals surface area (Å²) in [7, 11) is 1.49. The van der Waals surface area contributed by atoms with E-state index in [1.165, 1.54) is 19.2 Å². The Hall–Kier alpha value is -2.53. The number of imide groups is 1. The minimum Gasteiger partial charge on any atom is -0.493 e. The molecule has 2 aromatic rings. The summed E-state index contributed by atoms with van der Waals surface area (Å²) in [5.74, 6) is -0.472. The molecule has 0 aromatic heterocycles. The van der Waals surface area contributed by atoms with Gasteiger partial charge in [-0.3, -0.25) is 14.9 Å². The number of benzene rings is 2. The van der Waals surface area contributed by atoms with Gasteiger partial charge in [-0.2, -0.15) is 0 Å². The van der Waals surface area contributed by atoms with E-state index < -0.39 is 5.91 Å². The van der Waals surface area contributed by atoms with Crippen molar-refractivity contribution in [3.05, 3.63) is 58.6 Å². The van der Waals surface area contributed by atoms with E-state index >= 15 is 0 Å². The van der Waals surface area contributed by atoms with E-state index in [-0.39, 0.29) is 22.4 Å². The molecule has 0 atom stereocenters. The van der Waals surface area contributed by atoms with Crippen molar-refractivity contribution in [2.45, 2.75) is 20.5 Å². The fourth-order valence-corrected chi connectivity index (χ4v) is 2.28. The van der Waals surface area contributed by atoms with Crippen LogP contribution in [0.3, 0.4) is 0 Å². The minimum atomic E-state index is -0.573. The summed E-state index contributed by atoms with van der Waals surface area (Å²) in [5, 5.41) is 2.49. The molecule has 0 heterocycles. The third-order valence-corrected chi connectivity index (χ3v) is 3.81. The summed E-state index contributed by atoms with van der Waals surface area (Å²) in [5.41, 5.74) is 1.13. The summed E-state index contributed by atoms with van der Waals surface area (Å²) >= 11 is 6.15. The van der Waals surface area contributed by atoms with Gasteiger partial charge < -0.3 is 9.47 Å². The maximum atomic E-state index is 12.3. The molecule has 1 N–H and O–H groups in total. The summed E-state index contributed by atoms with van der Waals surface area (Å²) in [6.07, 6.45) is 0. The molecule has 0 fully saturated rings. The first-order valence-electron chi connectivity index (χ1n) is 7.81. The molecule has 0 saturated carbocycles. The molecule has 2 aromatic carbocycles. The monoisotopic (exact) mass is 361 g/mol. The van der Waals surface area contributed by atoms with Crippen molar-refractivity contribution in [1.29, 1.82) is 0 Å². The van der Waals surface area contributed by atoms with E-state index in [9.17, 15) is 9.59 Å². The highest BCUT2D eigenvalue weighted by atomic mass is 35.5. The van der Waals surface area contributed by atoms with Crippen LogP contribution in [0.5, 0.6) is 11.5 Å². The second kappa shape index (κ2) is 8.53. The van der Waals surface area contributed by atoms with Gasteiger partial charge in [0, 0.05) is 12.0 Å². The highest BCUT2D eigenvalue weighted by molar-refractivity contribution is 6.34. The van der Waals surface area contributed by atoms with Gasteiger partial charge >= 0.3 is 0 Å². The number of amides is 2. The molecule has 132 valence electrons. The van der Waals surface area contributed by atoms with Crippen LogP contribution in [0.1, 0.15) is 29.8 Å². The molecule has 2 rings (SSSR count). The maximum absolute atomic E-state index is 12.3. The Kier molecular flexibility index (Phi) is 6.42. The first-order chi connectivity index (χ1) is 11.9. The number of halogens is 1. The topological polar surface area (TPSA) is 64.6 Å². The van der Waals surface area contributed by atoms with E-state index in [0.29, 0.717) is 18.1 Å². The van der Waals surface area contributed by atoms with Crippen LogP contribution in [0.2, 0.25) is 5.02 Å². The maximum Gasteiger partial charge on any atom is 0.259 e. The largest absolute Gasteiger partial charge is 0.493 e. The molecule has 0 saturated heterocycles. The average Bonchev–Trinajstić information content (AvgIpc) is 2.60. The number of hydrogen-bond donors (Lipinski definition) is 1. The number of methoxy groups -OCH3 is 1.